The number of hydrogen-bond donors (Lipinski definition) is 0. The van der Waals surface area contributed by atoms with Gasteiger partial charge >= 0.3 is 0 Å². The number of fused-ring (bicyclic) bond motifs is 1. The predicted molar refractivity (Wildman–Crippen MR) is 108 cm³/mol. The first kappa shape index (κ1) is 17.9. The molecular formula is C24H19NO3. The molecule has 1 unspecified atom stereocenters. The van der Waals surface area contributed by atoms with Crippen molar-refractivity contribution < 1.29 is 14.4 Å². The van der Waals surface area contributed by atoms with Gasteiger partial charge in [-0.1, -0.05) is 96.2 Å². The maximum Gasteiger partial charge on any atom is 0.242 e. The number of nitrogens with zero attached hydrogens (tertiary/aromatic N) is 1. The third-order valence-electron chi connectivity index (χ3n) is 5.03. The Bertz CT molecular complexity index is 961. The van der Waals surface area contributed by atoms with Gasteiger partial charge in [0.2, 0.25) is 5.60 Å². The molecule has 0 aliphatic heterocycles. The number of hydrogen-bond acceptors (Lipinski definition) is 4. The van der Waals surface area contributed by atoms with Crippen LogP contribution in [-0.4, -0.2) is 17.8 Å². The second-order valence-corrected chi connectivity index (χ2v) is 6.71. The summed E-state index contributed by atoms with van der Waals surface area (Å²) in [5.74, 6) is -0.350. The molecule has 0 heterocycles. The van der Waals surface area contributed by atoms with Crippen LogP contribution in [0.1, 0.15) is 17.5 Å². The quantitative estimate of drug-likeness (QED) is 0.588. The molecule has 138 valence electrons. The summed E-state index contributed by atoms with van der Waals surface area (Å²) in [7, 11) is 0. The molecule has 0 saturated heterocycles. The molecule has 2 aliphatic rings. The van der Waals surface area contributed by atoms with E-state index in [0.29, 0.717) is 16.8 Å². The minimum atomic E-state index is -1.43. The van der Waals surface area contributed by atoms with Gasteiger partial charge in [0, 0.05) is 17.5 Å². The Morgan fingerprint density at radius 2 is 1.61 bits per heavy atom. The van der Waals surface area contributed by atoms with Crippen LogP contribution < -0.4 is 0 Å². The van der Waals surface area contributed by atoms with Gasteiger partial charge in [-0.15, -0.1) is 0 Å². The third kappa shape index (κ3) is 3.14. The molecule has 1 atom stereocenters. The Balaban J connectivity index is 1.79. The Morgan fingerprint density at radius 3 is 2.21 bits per heavy atom. The molecule has 4 rings (SSSR count). The Hall–Kier alpha value is -3.53. The van der Waals surface area contributed by atoms with Crippen LogP contribution in [0.2, 0.25) is 0 Å². The van der Waals surface area contributed by atoms with Crippen LogP contribution in [0.4, 0.5) is 0 Å². The molecular weight excluding hydrogens is 350 g/mol. The summed E-state index contributed by atoms with van der Waals surface area (Å²) in [6.07, 6.45) is 10.6. The van der Waals surface area contributed by atoms with Crippen LogP contribution >= 0.6 is 0 Å². The first-order chi connectivity index (χ1) is 13.7. The van der Waals surface area contributed by atoms with Crippen LogP contribution in [0.5, 0.6) is 0 Å². The van der Waals surface area contributed by atoms with Crippen molar-refractivity contribution in [1.29, 1.82) is 0 Å². The number of carbonyl (C=O) groups excluding carboxylic acids is 2. The fraction of sp³-hybridized carbons (Fsp3) is 0.125. The van der Waals surface area contributed by atoms with Gasteiger partial charge in [0.05, 0.1) is 5.92 Å². The number of oxime groups is 1. The fourth-order valence-electron chi connectivity index (χ4n) is 3.52. The van der Waals surface area contributed by atoms with Crippen molar-refractivity contribution in [3.63, 3.8) is 0 Å². The topological polar surface area (TPSA) is 55.7 Å². The molecule has 0 spiro atoms. The lowest BCUT2D eigenvalue weighted by Gasteiger charge is -2.28. The van der Waals surface area contributed by atoms with E-state index in [1.165, 1.54) is 0 Å². The number of Topliss-reactive ketones (excluding diaryl/α,β-unsaturated/α-hetero) is 1. The minimum absolute atomic E-state index is 0.102. The highest BCUT2D eigenvalue weighted by Gasteiger charge is 2.38. The predicted octanol–water partition coefficient (Wildman–Crippen LogP) is 4.14. The van der Waals surface area contributed by atoms with Crippen LogP contribution in [0, 0.1) is 5.92 Å². The number of benzene rings is 2. The molecule has 0 bridgehead atoms. The van der Waals surface area contributed by atoms with Crippen molar-refractivity contribution in [3.8, 4) is 0 Å². The van der Waals surface area contributed by atoms with Gasteiger partial charge in [-0.2, -0.15) is 0 Å². The standard InChI is InChI=1S/C24H19NO3/c26-17-24(19-10-3-1-4-11-19,20-12-5-2-6-13-20)28-25-23-21-14-8-7-9-18(21)15-16-22(23)27/h1-15,17,21H,16H2/b25-23-. The molecule has 0 saturated carbocycles. The van der Waals surface area contributed by atoms with Gasteiger partial charge in [0.1, 0.15) is 5.71 Å². The van der Waals surface area contributed by atoms with E-state index >= 15 is 0 Å². The van der Waals surface area contributed by atoms with E-state index in [2.05, 4.69) is 5.16 Å². The summed E-state index contributed by atoms with van der Waals surface area (Å²) >= 11 is 0. The summed E-state index contributed by atoms with van der Waals surface area (Å²) < 4.78 is 0. The minimum Gasteiger partial charge on any atom is -0.371 e. The number of aldehydes is 1. The van der Waals surface area contributed by atoms with Crippen LogP contribution in [0.15, 0.2) is 102 Å². The highest BCUT2D eigenvalue weighted by Crippen LogP contribution is 2.33. The largest absolute Gasteiger partial charge is 0.371 e. The fourth-order valence-corrected chi connectivity index (χ4v) is 3.52. The van der Waals surface area contributed by atoms with Gasteiger partial charge in [0.15, 0.2) is 12.1 Å². The summed E-state index contributed by atoms with van der Waals surface area (Å²) in [5, 5.41) is 4.25. The van der Waals surface area contributed by atoms with Crippen molar-refractivity contribution in [3.05, 3.63) is 108 Å². The summed E-state index contributed by atoms with van der Waals surface area (Å²) in [6.45, 7) is 0. The second kappa shape index (κ2) is 7.61. The van der Waals surface area contributed by atoms with E-state index in [9.17, 15) is 9.59 Å². The lowest BCUT2D eigenvalue weighted by Crippen LogP contribution is -2.34. The zero-order chi connectivity index (χ0) is 19.4. The first-order valence-electron chi connectivity index (χ1n) is 9.16. The summed E-state index contributed by atoms with van der Waals surface area (Å²) in [5.41, 5.74) is 1.21. The van der Waals surface area contributed by atoms with Crippen LogP contribution in [-0.2, 0) is 20.0 Å². The average molecular weight is 369 g/mol. The lowest BCUT2D eigenvalue weighted by atomic mass is 9.82. The van der Waals surface area contributed by atoms with Crippen molar-refractivity contribution in [2.45, 2.75) is 12.0 Å². The molecule has 2 aliphatic carbocycles. The monoisotopic (exact) mass is 369 g/mol. The van der Waals surface area contributed by atoms with Gasteiger partial charge in [-0.25, -0.2) is 0 Å². The molecule has 28 heavy (non-hydrogen) atoms. The van der Waals surface area contributed by atoms with E-state index in [1.54, 1.807) is 0 Å². The van der Waals surface area contributed by atoms with E-state index in [4.69, 9.17) is 4.84 Å². The first-order valence-corrected chi connectivity index (χ1v) is 9.16. The Morgan fingerprint density at radius 1 is 0.964 bits per heavy atom. The maximum atomic E-state index is 12.5. The highest BCUT2D eigenvalue weighted by atomic mass is 16.7. The van der Waals surface area contributed by atoms with E-state index < -0.39 is 5.60 Å². The van der Waals surface area contributed by atoms with Crippen molar-refractivity contribution >= 4 is 17.8 Å². The highest BCUT2D eigenvalue weighted by molar-refractivity contribution is 6.42. The normalized spacial score (nSPS) is 19.9. The molecule has 2 aromatic rings. The van der Waals surface area contributed by atoms with E-state index in [1.807, 2.05) is 91.0 Å². The molecule has 0 amide bonds. The molecule has 0 aromatic heterocycles. The zero-order valence-corrected chi connectivity index (χ0v) is 15.2. The molecule has 4 nitrogen and oxygen atoms in total. The number of allylic oxidation sites excluding steroid dienone is 6. The van der Waals surface area contributed by atoms with E-state index in [0.717, 1.165) is 11.9 Å². The maximum absolute atomic E-state index is 12.5. The third-order valence-corrected chi connectivity index (χ3v) is 5.03. The van der Waals surface area contributed by atoms with Crippen molar-refractivity contribution in [2.75, 3.05) is 0 Å². The lowest BCUT2D eigenvalue weighted by molar-refractivity contribution is -0.127. The van der Waals surface area contributed by atoms with Crippen molar-refractivity contribution in [1.82, 2.24) is 0 Å². The molecule has 2 aromatic carbocycles. The molecule has 0 radical (unpaired) electrons. The molecule has 0 N–H and O–H groups in total. The number of ketones is 1. The molecule has 4 heteroatoms. The van der Waals surface area contributed by atoms with Gasteiger partial charge in [-0.05, 0) is 5.57 Å². The summed E-state index contributed by atoms with van der Waals surface area (Å²) in [6, 6.07) is 18.4. The van der Waals surface area contributed by atoms with E-state index in [-0.39, 0.29) is 18.1 Å². The second-order valence-electron chi connectivity index (χ2n) is 6.71. The smallest absolute Gasteiger partial charge is 0.242 e. The zero-order valence-electron chi connectivity index (χ0n) is 15.2. The Kier molecular flexibility index (Phi) is 4.85. The van der Waals surface area contributed by atoms with Gasteiger partial charge in [-0.3, -0.25) is 9.59 Å². The Labute approximate surface area is 163 Å². The summed E-state index contributed by atoms with van der Waals surface area (Å²) in [4.78, 5) is 30.8. The number of rotatable bonds is 5. The van der Waals surface area contributed by atoms with Gasteiger partial charge in [0.25, 0.3) is 0 Å². The number of carbonyl (C=O) groups is 2. The van der Waals surface area contributed by atoms with Crippen LogP contribution in [0.3, 0.4) is 0 Å². The van der Waals surface area contributed by atoms with Gasteiger partial charge < -0.3 is 4.84 Å². The van der Waals surface area contributed by atoms with Crippen molar-refractivity contribution in [2.24, 2.45) is 11.1 Å². The van der Waals surface area contributed by atoms with Crippen LogP contribution in [0.25, 0.3) is 0 Å². The molecule has 0 fully saturated rings. The SMILES string of the molecule is O=CC(O/N=C1\C(=O)CC=C2C=CC=CC21)(c1ccccc1)c1ccccc1. The average Bonchev–Trinajstić information content (AvgIpc) is 2.77.